The lowest BCUT2D eigenvalue weighted by molar-refractivity contribution is 0.0989. The average molecular weight is 434 g/mol. The molecule has 0 bridgehead atoms. The number of benzene rings is 1. The van der Waals surface area contributed by atoms with Crippen LogP contribution in [-0.2, 0) is 11.8 Å². The molecule has 0 radical (unpaired) electrons. The molecular formula is C23H23FN6O2. The molecule has 1 aliphatic rings. The molecule has 0 spiro atoms. The fourth-order valence-electron chi connectivity index (χ4n) is 4.09. The summed E-state index contributed by atoms with van der Waals surface area (Å²) in [6, 6.07) is 10.7. The van der Waals surface area contributed by atoms with Gasteiger partial charge in [-0.15, -0.1) is 0 Å². The van der Waals surface area contributed by atoms with Crippen molar-refractivity contribution in [1.29, 1.82) is 0 Å². The number of morpholine rings is 1. The first-order valence-corrected chi connectivity index (χ1v) is 10.4. The van der Waals surface area contributed by atoms with E-state index in [1.165, 1.54) is 10.6 Å². The fourth-order valence-corrected chi connectivity index (χ4v) is 4.09. The summed E-state index contributed by atoms with van der Waals surface area (Å²) < 4.78 is 22.3. The molecule has 9 heteroatoms. The predicted molar refractivity (Wildman–Crippen MR) is 122 cm³/mol. The van der Waals surface area contributed by atoms with Crippen LogP contribution in [0.5, 0.6) is 0 Å². The van der Waals surface area contributed by atoms with E-state index in [-0.39, 0.29) is 17.3 Å². The highest BCUT2D eigenvalue weighted by atomic mass is 19.1. The number of anilines is 3. The molecule has 1 saturated heterocycles. The van der Waals surface area contributed by atoms with Crippen LogP contribution >= 0.6 is 0 Å². The Morgan fingerprint density at radius 2 is 2.12 bits per heavy atom. The van der Waals surface area contributed by atoms with Crippen molar-refractivity contribution in [2.24, 2.45) is 7.05 Å². The number of fused-ring (bicyclic) bond motifs is 1. The zero-order valence-corrected chi connectivity index (χ0v) is 17.8. The van der Waals surface area contributed by atoms with Crippen LogP contribution in [-0.4, -0.2) is 45.5 Å². The molecule has 4 aromatic rings. The highest BCUT2D eigenvalue weighted by Gasteiger charge is 2.20. The monoisotopic (exact) mass is 434 g/mol. The normalized spacial score (nSPS) is 16.5. The van der Waals surface area contributed by atoms with Crippen molar-refractivity contribution < 1.29 is 9.13 Å². The number of pyridine rings is 2. The molecule has 0 unspecified atom stereocenters. The van der Waals surface area contributed by atoms with E-state index in [4.69, 9.17) is 4.74 Å². The Bertz CT molecular complexity index is 1320. The van der Waals surface area contributed by atoms with Crippen LogP contribution in [0.15, 0.2) is 53.6 Å². The maximum absolute atomic E-state index is 15.3. The van der Waals surface area contributed by atoms with Gasteiger partial charge in [-0.3, -0.25) is 9.89 Å². The van der Waals surface area contributed by atoms with Crippen molar-refractivity contribution in [3.05, 3.63) is 65.0 Å². The van der Waals surface area contributed by atoms with Crippen LogP contribution < -0.4 is 15.8 Å². The van der Waals surface area contributed by atoms with Gasteiger partial charge < -0.3 is 19.5 Å². The maximum Gasteiger partial charge on any atom is 0.274 e. The number of rotatable bonds is 4. The van der Waals surface area contributed by atoms with Gasteiger partial charge in [0.05, 0.1) is 36.3 Å². The Labute approximate surface area is 183 Å². The largest absolute Gasteiger partial charge is 0.377 e. The number of H-pyrrole nitrogens is 1. The van der Waals surface area contributed by atoms with Crippen molar-refractivity contribution >= 4 is 28.1 Å². The number of aryl methyl sites for hydroxylation is 1. The quantitative estimate of drug-likeness (QED) is 0.512. The highest BCUT2D eigenvalue weighted by Crippen LogP contribution is 2.29. The van der Waals surface area contributed by atoms with Crippen LogP contribution in [0.4, 0.5) is 21.6 Å². The van der Waals surface area contributed by atoms with E-state index in [0.717, 1.165) is 12.2 Å². The molecule has 32 heavy (non-hydrogen) atoms. The van der Waals surface area contributed by atoms with E-state index in [1.807, 2.05) is 12.1 Å². The van der Waals surface area contributed by atoms with Gasteiger partial charge in [-0.25, -0.2) is 9.37 Å². The summed E-state index contributed by atoms with van der Waals surface area (Å²) in [6.45, 7) is 4.28. The van der Waals surface area contributed by atoms with Gasteiger partial charge in [-0.1, -0.05) is 0 Å². The van der Waals surface area contributed by atoms with Crippen LogP contribution in [0.2, 0.25) is 0 Å². The maximum atomic E-state index is 15.3. The molecule has 3 aromatic heterocycles. The van der Waals surface area contributed by atoms with Gasteiger partial charge in [0.2, 0.25) is 0 Å². The number of aromatic amines is 1. The summed E-state index contributed by atoms with van der Waals surface area (Å²) in [5, 5.41) is 10.1. The second kappa shape index (κ2) is 8.08. The molecule has 5 rings (SSSR count). The van der Waals surface area contributed by atoms with Crippen molar-refractivity contribution in [2.75, 3.05) is 30.0 Å². The van der Waals surface area contributed by atoms with Crippen LogP contribution in [0.1, 0.15) is 6.92 Å². The molecule has 0 saturated carbocycles. The number of halogens is 1. The molecule has 0 amide bonds. The molecule has 2 N–H and O–H groups in total. The fraction of sp³-hybridized carbons (Fsp3) is 0.261. The average Bonchev–Trinajstić information content (AvgIpc) is 3.34. The lowest BCUT2D eigenvalue weighted by Gasteiger charge is -2.35. The highest BCUT2D eigenvalue weighted by molar-refractivity contribution is 5.88. The van der Waals surface area contributed by atoms with Crippen molar-refractivity contribution in [2.45, 2.75) is 13.0 Å². The molecule has 1 aliphatic heterocycles. The van der Waals surface area contributed by atoms with Crippen molar-refractivity contribution in [3.63, 3.8) is 0 Å². The molecule has 4 heterocycles. The van der Waals surface area contributed by atoms with Gasteiger partial charge in [0.25, 0.3) is 5.56 Å². The SMILES string of the molecule is C[C@@H]1COCCN1c1ccc(Nc2cc3c(F)c(-c4ccn[nH]4)ccc3n(C)c2=O)nc1. The third-order valence-electron chi connectivity index (χ3n) is 5.84. The van der Waals surface area contributed by atoms with Crippen LogP contribution in [0.25, 0.3) is 22.2 Å². The van der Waals surface area contributed by atoms with E-state index < -0.39 is 5.82 Å². The number of aromatic nitrogens is 4. The van der Waals surface area contributed by atoms with E-state index in [2.05, 4.69) is 32.3 Å². The van der Waals surface area contributed by atoms with Crippen molar-refractivity contribution in [1.82, 2.24) is 19.7 Å². The summed E-state index contributed by atoms with van der Waals surface area (Å²) >= 11 is 0. The Kier molecular flexibility index (Phi) is 5.10. The Balaban J connectivity index is 1.49. The summed E-state index contributed by atoms with van der Waals surface area (Å²) in [4.78, 5) is 19.6. The third kappa shape index (κ3) is 3.50. The summed E-state index contributed by atoms with van der Waals surface area (Å²) in [6.07, 6.45) is 3.34. The minimum Gasteiger partial charge on any atom is -0.377 e. The molecule has 164 valence electrons. The van der Waals surface area contributed by atoms with E-state index in [0.29, 0.717) is 41.2 Å². The lowest BCUT2D eigenvalue weighted by Crippen LogP contribution is -2.43. The topological polar surface area (TPSA) is 88.1 Å². The number of ether oxygens (including phenoxy) is 1. The number of hydrogen-bond donors (Lipinski definition) is 2. The molecular weight excluding hydrogens is 411 g/mol. The third-order valence-corrected chi connectivity index (χ3v) is 5.84. The first-order chi connectivity index (χ1) is 15.5. The molecule has 1 aromatic carbocycles. The van der Waals surface area contributed by atoms with Crippen LogP contribution in [0, 0.1) is 5.82 Å². The number of hydrogen-bond acceptors (Lipinski definition) is 6. The summed E-state index contributed by atoms with van der Waals surface area (Å²) in [7, 11) is 1.63. The Hall–Kier alpha value is -3.72. The van der Waals surface area contributed by atoms with Gasteiger partial charge >= 0.3 is 0 Å². The van der Waals surface area contributed by atoms with Gasteiger partial charge in [0.15, 0.2) is 0 Å². The van der Waals surface area contributed by atoms with Gasteiger partial charge in [0, 0.05) is 36.8 Å². The van der Waals surface area contributed by atoms with Gasteiger partial charge in [-0.05, 0) is 43.3 Å². The minimum absolute atomic E-state index is 0.251. The van der Waals surface area contributed by atoms with Crippen LogP contribution in [0.3, 0.4) is 0 Å². The first-order valence-electron chi connectivity index (χ1n) is 10.4. The molecule has 0 aliphatic carbocycles. The van der Waals surface area contributed by atoms with Gasteiger partial charge in [-0.2, -0.15) is 5.10 Å². The zero-order valence-electron chi connectivity index (χ0n) is 17.8. The van der Waals surface area contributed by atoms with E-state index in [9.17, 15) is 4.79 Å². The summed E-state index contributed by atoms with van der Waals surface area (Å²) in [5.41, 5.74) is 2.45. The van der Waals surface area contributed by atoms with E-state index >= 15 is 4.39 Å². The number of nitrogens with one attached hydrogen (secondary N) is 2. The molecule has 8 nitrogen and oxygen atoms in total. The number of nitrogens with zero attached hydrogens (tertiary/aromatic N) is 4. The standard InChI is InChI=1S/C23H23FN6O2/c1-14-13-32-10-9-30(14)15-3-6-21(25-12-15)27-19-11-17-20(29(2)23(19)31)5-4-16(22(17)24)18-7-8-26-28-18/h3-8,11-12,14H,9-10,13H2,1-2H3,(H,25,27)(H,26,28)/t14-/m1/s1. The Morgan fingerprint density at radius 3 is 2.84 bits per heavy atom. The van der Waals surface area contributed by atoms with E-state index in [1.54, 1.807) is 37.6 Å². The van der Waals surface area contributed by atoms with Gasteiger partial charge in [0.1, 0.15) is 17.3 Å². The van der Waals surface area contributed by atoms with Crippen molar-refractivity contribution in [3.8, 4) is 11.3 Å². The first kappa shape index (κ1) is 20.2. The zero-order chi connectivity index (χ0) is 22.2. The summed E-state index contributed by atoms with van der Waals surface area (Å²) in [5.74, 6) is 0.0891. The Morgan fingerprint density at radius 1 is 1.25 bits per heavy atom. The minimum atomic E-state index is -0.421. The molecule has 1 atom stereocenters. The predicted octanol–water partition coefficient (Wildman–Crippen LogP) is 3.43. The molecule has 1 fully saturated rings. The lowest BCUT2D eigenvalue weighted by atomic mass is 10.1. The smallest absolute Gasteiger partial charge is 0.274 e. The second-order valence-corrected chi connectivity index (χ2v) is 7.90. The second-order valence-electron chi connectivity index (χ2n) is 7.90.